The van der Waals surface area contributed by atoms with Crippen molar-refractivity contribution in [3.8, 4) is 5.75 Å². The maximum absolute atomic E-state index is 12.3. The summed E-state index contributed by atoms with van der Waals surface area (Å²) in [4.78, 5) is 25.4. The zero-order valence-corrected chi connectivity index (χ0v) is 12.3. The van der Waals surface area contributed by atoms with Gasteiger partial charge in [0.1, 0.15) is 17.4 Å². The molecule has 1 atom stereocenters. The Bertz CT molecular complexity index is 500. The Morgan fingerprint density at radius 1 is 1.40 bits per heavy atom. The number of nitrogen functional groups attached to an aromatic ring is 1. The van der Waals surface area contributed by atoms with E-state index in [1.807, 2.05) is 6.92 Å². The third-order valence-corrected chi connectivity index (χ3v) is 2.74. The normalized spacial score (nSPS) is 11.6. The number of nitrogens with two attached hydrogens (primary N) is 1. The maximum atomic E-state index is 12.3. The van der Waals surface area contributed by atoms with E-state index in [-0.39, 0.29) is 11.5 Å². The molecule has 6 heteroatoms. The molecule has 2 amide bonds. The van der Waals surface area contributed by atoms with Gasteiger partial charge in [-0.05, 0) is 26.0 Å². The van der Waals surface area contributed by atoms with Crippen molar-refractivity contribution in [3.63, 3.8) is 0 Å². The van der Waals surface area contributed by atoms with Crippen molar-refractivity contribution < 1.29 is 14.3 Å². The molecule has 1 aromatic carbocycles. The van der Waals surface area contributed by atoms with E-state index in [9.17, 15) is 9.59 Å². The van der Waals surface area contributed by atoms with Crippen LogP contribution in [0.5, 0.6) is 5.75 Å². The molecule has 1 aromatic rings. The minimum absolute atomic E-state index is 0.189. The number of hydrogen-bond acceptors (Lipinski definition) is 4. The van der Waals surface area contributed by atoms with Gasteiger partial charge in [-0.15, -0.1) is 0 Å². The maximum Gasteiger partial charge on any atom is 0.257 e. The number of anilines is 1. The van der Waals surface area contributed by atoms with E-state index in [0.29, 0.717) is 18.0 Å². The molecule has 0 fully saturated rings. The Kier molecular flexibility index (Phi) is 5.37. The molecular weight excluding hydrogens is 258 g/mol. The van der Waals surface area contributed by atoms with E-state index in [1.165, 1.54) is 4.90 Å². The van der Waals surface area contributed by atoms with Crippen LogP contribution < -0.4 is 15.8 Å². The monoisotopic (exact) mass is 279 g/mol. The smallest absolute Gasteiger partial charge is 0.257 e. The lowest BCUT2D eigenvalue weighted by molar-refractivity contribution is -0.130. The second kappa shape index (κ2) is 6.79. The molecule has 0 saturated carbocycles. The standard InChI is InChI=1S/C14H21N3O3/c1-5-20-11-8-6-7-10(15)12(11)13(18)16-9(2)14(19)17(3)4/h6-9H,5,15H2,1-4H3,(H,16,18). The van der Waals surface area contributed by atoms with Crippen LogP contribution in [0.3, 0.4) is 0 Å². The summed E-state index contributed by atoms with van der Waals surface area (Å²) in [7, 11) is 3.26. The minimum Gasteiger partial charge on any atom is -0.493 e. The molecule has 0 bridgehead atoms. The number of nitrogens with zero attached hydrogens (tertiary/aromatic N) is 1. The molecule has 1 unspecified atom stereocenters. The Morgan fingerprint density at radius 3 is 2.60 bits per heavy atom. The minimum atomic E-state index is -0.633. The van der Waals surface area contributed by atoms with E-state index in [0.717, 1.165) is 0 Å². The van der Waals surface area contributed by atoms with Crippen molar-refractivity contribution in [2.45, 2.75) is 19.9 Å². The number of rotatable bonds is 5. The predicted octanol–water partition coefficient (Wildman–Crippen LogP) is 0.874. The molecule has 20 heavy (non-hydrogen) atoms. The molecule has 6 nitrogen and oxygen atoms in total. The third kappa shape index (κ3) is 3.63. The van der Waals surface area contributed by atoms with E-state index in [1.54, 1.807) is 39.2 Å². The Labute approximate surface area is 118 Å². The molecule has 0 heterocycles. The highest BCUT2D eigenvalue weighted by molar-refractivity contribution is 6.03. The number of hydrogen-bond donors (Lipinski definition) is 2. The Hall–Kier alpha value is -2.24. The molecule has 0 spiro atoms. The molecule has 0 saturated heterocycles. The van der Waals surface area contributed by atoms with E-state index in [4.69, 9.17) is 10.5 Å². The second-order valence-electron chi connectivity index (χ2n) is 4.58. The highest BCUT2D eigenvalue weighted by Gasteiger charge is 2.21. The van der Waals surface area contributed by atoms with Gasteiger partial charge in [-0.1, -0.05) is 6.07 Å². The molecule has 0 aliphatic rings. The van der Waals surface area contributed by atoms with E-state index < -0.39 is 11.9 Å². The topological polar surface area (TPSA) is 84.7 Å². The van der Waals surface area contributed by atoms with Crippen molar-refractivity contribution in [1.29, 1.82) is 0 Å². The highest BCUT2D eigenvalue weighted by Crippen LogP contribution is 2.24. The fraction of sp³-hybridized carbons (Fsp3) is 0.429. The molecule has 0 radical (unpaired) electrons. The first-order chi connectivity index (χ1) is 9.38. The van der Waals surface area contributed by atoms with Crippen molar-refractivity contribution in [2.24, 2.45) is 0 Å². The van der Waals surface area contributed by atoms with Gasteiger partial charge < -0.3 is 20.7 Å². The van der Waals surface area contributed by atoms with Crippen molar-refractivity contribution >= 4 is 17.5 Å². The number of carbonyl (C=O) groups is 2. The van der Waals surface area contributed by atoms with Gasteiger partial charge in [-0.25, -0.2) is 0 Å². The first-order valence-corrected chi connectivity index (χ1v) is 6.41. The second-order valence-corrected chi connectivity index (χ2v) is 4.58. The van der Waals surface area contributed by atoms with Crippen LogP contribution in [0.4, 0.5) is 5.69 Å². The number of carbonyl (C=O) groups excluding carboxylic acids is 2. The number of likely N-dealkylation sites (N-methyl/N-ethyl adjacent to an activating group) is 1. The first kappa shape index (κ1) is 15.8. The lowest BCUT2D eigenvalue weighted by Crippen LogP contribution is -2.44. The molecule has 0 aliphatic carbocycles. The summed E-state index contributed by atoms with van der Waals surface area (Å²) in [5.74, 6) is -0.199. The van der Waals surface area contributed by atoms with Gasteiger partial charge >= 0.3 is 0 Å². The SMILES string of the molecule is CCOc1cccc(N)c1C(=O)NC(C)C(=O)N(C)C. The fourth-order valence-electron chi connectivity index (χ4n) is 1.78. The summed E-state index contributed by atoms with van der Waals surface area (Å²) < 4.78 is 5.39. The molecule has 110 valence electrons. The first-order valence-electron chi connectivity index (χ1n) is 6.41. The summed E-state index contributed by atoms with van der Waals surface area (Å²) in [6.45, 7) is 3.87. The van der Waals surface area contributed by atoms with Crippen molar-refractivity contribution in [1.82, 2.24) is 10.2 Å². The van der Waals surface area contributed by atoms with Crippen LogP contribution in [0.25, 0.3) is 0 Å². The third-order valence-electron chi connectivity index (χ3n) is 2.74. The predicted molar refractivity (Wildman–Crippen MR) is 77.6 cm³/mol. The quantitative estimate of drug-likeness (QED) is 0.783. The van der Waals surface area contributed by atoms with Crippen LogP contribution in [0, 0.1) is 0 Å². The average Bonchev–Trinajstić information content (AvgIpc) is 2.37. The summed E-state index contributed by atoms with van der Waals surface area (Å²) in [5, 5.41) is 2.63. The molecule has 0 aliphatic heterocycles. The number of nitrogens with one attached hydrogen (secondary N) is 1. The van der Waals surface area contributed by atoms with Gasteiger partial charge in [0.2, 0.25) is 5.91 Å². The van der Waals surface area contributed by atoms with Crippen molar-refractivity contribution in [3.05, 3.63) is 23.8 Å². The van der Waals surface area contributed by atoms with E-state index in [2.05, 4.69) is 5.32 Å². The van der Waals surface area contributed by atoms with Gasteiger partial charge in [-0.3, -0.25) is 9.59 Å². The van der Waals surface area contributed by atoms with Crippen LogP contribution in [0.2, 0.25) is 0 Å². The number of ether oxygens (including phenoxy) is 1. The number of benzene rings is 1. The largest absolute Gasteiger partial charge is 0.493 e. The molecule has 0 aromatic heterocycles. The molecular formula is C14H21N3O3. The highest BCUT2D eigenvalue weighted by atomic mass is 16.5. The van der Waals surface area contributed by atoms with Crippen LogP contribution in [-0.4, -0.2) is 43.5 Å². The fourth-order valence-corrected chi connectivity index (χ4v) is 1.78. The van der Waals surface area contributed by atoms with Gasteiger partial charge in [0.15, 0.2) is 0 Å². The lowest BCUT2D eigenvalue weighted by atomic mass is 10.1. The van der Waals surface area contributed by atoms with Crippen LogP contribution >= 0.6 is 0 Å². The Morgan fingerprint density at radius 2 is 2.05 bits per heavy atom. The van der Waals surface area contributed by atoms with Gasteiger partial charge in [-0.2, -0.15) is 0 Å². The molecule has 3 N–H and O–H groups in total. The summed E-state index contributed by atoms with van der Waals surface area (Å²) in [5.41, 5.74) is 6.40. The van der Waals surface area contributed by atoms with E-state index >= 15 is 0 Å². The lowest BCUT2D eigenvalue weighted by Gasteiger charge is -2.19. The van der Waals surface area contributed by atoms with Gasteiger partial charge in [0.05, 0.1) is 6.61 Å². The van der Waals surface area contributed by atoms with Crippen LogP contribution in [0.15, 0.2) is 18.2 Å². The van der Waals surface area contributed by atoms with Gasteiger partial charge in [0.25, 0.3) is 5.91 Å². The Balaban J connectivity index is 2.95. The molecule has 1 rings (SSSR count). The summed E-state index contributed by atoms with van der Waals surface area (Å²) in [6.07, 6.45) is 0. The summed E-state index contributed by atoms with van der Waals surface area (Å²) in [6, 6.07) is 4.38. The van der Waals surface area contributed by atoms with Crippen LogP contribution in [0.1, 0.15) is 24.2 Å². The van der Waals surface area contributed by atoms with Crippen LogP contribution in [-0.2, 0) is 4.79 Å². The number of amides is 2. The van der Waals surface area contributed by atoms with Crippen molar-refractivity contribution in [2.75, 3.05) is 26.4 Å². The average molecular weight is 279 g/mol. The van der Waals surface area contributed by atoms with Gasteiger partial charge in [0, 0.05) is 19.8 Å². The zero-order valence-electron chi connectivity index (χ0n) is 12.3. The summed E-state index contributed by atoms with van der Waals surface area (Å²) >= 11 is 0. The zero-order chi connectivity index (χ0) is 15.3.